The molecule has 0 saturated heterocycles. The molecule has 1 saturated carbocycles. The summed E-state index contributed by atoms with van der Waals surface area (Å²) in [6.07, 6.45) is 7.51. The fraction of sp³-hybridized carbons (Fsp3) is 0.714. The first kappa shape index (κ1) is 11.8. The molecule has 1 N–H and O–H groups in total. The number of carbonyl (C=O) groups excluding carboxylic acids is 1. The van der Waals surface area contributed by atoms with Crippen molar-refractivity contribution < 1.29 is 4.79 Å². The Morgan fingerprint density at radius 1 is 1.39 bits per heavy atom. The van der Waals surface area contributed by atoms with Crippen molar-refractivity contribution in [1.82, 2.24) is 9.78 Å². The van der Waals surface area contributed by atoms with E-state index in [4.69, 9.17) is 0 Å². The lowest BCUT2D eigenvalue weighted by Gasteiger charge is -2.27. The summed E-state index contributed by atoms with van der Waals surface area (Å²) in [5.41, 5.74) is 1.23. The molecule has 0 bridgehead atoms. The van der Waals surface area contributed by atoms with Crippen LogP contribution in [0.15, 0.2) is 6.20 Å². The monoisotopic (exact) mass is 247 g/mol. The van der Waals surface area contributed by atoms with Crippen molar-refractivity contribution in [3.63, 3.8) is 0 Å². The maximum atomic E-state index is 11.9. The molecule has 98 valence electrons. The van der Waals surface area contributed by atoms with Crippen LogP contribution in [0.2, 0.25) is 0 Å². The number of nitrogens with zero attached hydrogens (tertiary/aromatic N) is 2. The van der Waals surface area contributed by atoms with E-state index in [0.29, 0.717) is 24.3 Å². The van der Waals surface area contributed by atoms with E-state index in [1.165, 1.54) is 31.2 Å². The van der Waals surface area contributed by atoms with Crippen molar-refractivity contribution in [2.24, 2.45) is 5.92 Å². The second kappa shape index (κ2) is 4.41. The van der Waals surface area contributed by atoms with Crippen LogP contribution in [0, 0.1) is 5.92 Å². The summed E-state index contributed by atoms with van der Waals surface area (Å²) in [6, 6.07) is 0.486. The number of rotatable bonds is 2. The van der Waals surface area contributed by atoms with Crippen LogP contribution in [-0.2, 0) is 4.79 Å². The first-order chi connectivity index (χ1) is 8.66. The summed E-state index contributed by atoms with van der Waals surface area (Å²) in [5, 5.41) is 7.58. The summed E-state index contributed by atoms with van der Waals surface area (Å²) in [6.45, 7) is 4.36. The van der Waals surface area contributed by atoms with Gasteiger partial charge < -0.3 is 5.32 Å². The van der Waals surface area contributed by atoms with E-state index in [2.05, 4.69) is 28.9 Å². The number of aromatic nitrogens is 2. The first-order valence-electron chi connectivity index (χ1n) is 7.04. The molecule has 1 fully saturated rings. The Morgan fingerprint density at radius 2 is 2.11 bits per heavy atom. The summed E-state index contributed by atoms with van der Waals surface area (Å²) in [4.78, 5) is 11.9. The molecule has 3 rings (SSSR count). The van der Waals surface area contributed by atoms with Crippen molar-refractivity contribution >= 4 is 11.7 Å². The highest BCUT2D eigenvalue weighted by Crippen LogP contribution is 2.40. The third kappa shape index (κ3) is 1.84. The van der Waals surface area contributed by atoms with Crippen molar-refractivity contribution in [2.45, 2.75) is 57.9 Å². The highest BCUT2D eigenvalue weighted by Gasteiger charge is 2.32. The summed E-state index contributed by atoms with van der Waals surface area (Å²) in [5.74, 6) is 1.91. The average molecular weight is 247 g/mol. The maximum absolute atomic E-state index is 11.9. The Labute approximate surface area is 108 Å². The zero-order chi connectivity index (χ0) is 12.7. The molecule has 1 aromatic heterocycles. The smallest absolute Gasteiger partial charge is 0.226 e. The van der Waals surface area contributed by atoms with Crippen LogP contribution in [0.1, 0.15) is 63.5 Å². The number of hydrogen-bond acceptors (Lipinski definition) is 2. The van der Waals surface area contributed by atoms with Crippen LogP contribution < -0.4 is 5.32 Å². The van der Waals surface area contributed by atoms with Crippen LogP contribution in [0.5, 0.6) is 0 Å². The third-order valence-corrected chi connectivity index (χ3v) is 4.36. The van der Waals surface area contributed by atoms with Gasteiger partial charge in [-0.05, 0) is 18.8 Å². The number of anilines is 1. The molecule has 0 unspecified atom stereocenters. The molecular formula is C14H21N3O. The van der Waals surface area contributed by atoms with Crippen molar-refractivity contribution in [2.75, 3.05) is 5.32 Å². The highest BCUT2D eigenvalue weighted by molar-refractivity contribution is 5.93. The molecule has 4 heteroatoms. The van der Waals surface area contributed by atoms with Gasteiger partial charge in [0.2, 0.25) is 5.91 Å². The van der Waals surface area contributed by atoms with Gasteiger partial charge in [-0.2, -0.15) is 5.10 Å². The Morgan fingerprint density at radius 3 is 2.78 bits per heavy atom. The van der Waals surface area contributed by atoms with Gasteiger partial charge in [-0.25, -0.2) is 4.68 Å². The number of hydrogen-bond donors (Lipinski definition) is 1. The van der Waals surface area contributed by atoms with Crippen molar-refractivity contribution in [3.8, 4) is 0 Å². The molecule has 2 aliphatic rings. The molecule has 0 aromatic carbocycles. The van der Waals surface area contributed by atoms with E-state index in [9.17, 15) is 4.79 Å². The topological polar surface area (TPSA) is 46.9 Å². The minimum absolute atomic E-state index is 0.140. The minimum Gasteiger partial charge on any atom is -0.311 e. The number of fused-ring (bicyclic) bond motifs is 1. The molecule has 1 aliphatic carbocycles. The molecule has 18 heavy (non-hydrogen) atoms. The van der Waals surface area contributed by atoms with Crippen molar-refractivity contribution in [1.29, 1.82) is 0 Å². The van der Waals surface area contributed by atoms with E-state index < -0.39 is 0 Å². The fourth-order valence-electron chi connectivity index (χ4n) is 3.29. The van der Waals surface area contributed by atoms with E-state index in [-0.39, 0.29) is 5.91 Å². The van der Waals surface area contributed by atoms with Crippen LogP contribution in [-0.4, -0.2) is 15.7 Å². The number of amides is 1. The van der Waals surface area contributed by atoms with Crippen LogP contribution in [0.4, 0.5) is 5.82 Å². The van der Waals surface area contributed by atoms with Gasteiger partial charge in [0.05, 0.1) is 12.2 Å². The molecular weight excluding hydrogens is 226 g/mol. The molecule has 1 atom stereocenters. The normalized spacial score (nSPS) is 24.4. The van der Waals surface area contributed by atoms with E-state index >= 15 is 0 Å². The molecule has 1 aliphatic heterocycles. The molecule has 1 amide bonds. The van der Waals surface area contributed by atoms with Gasteiger partial charge >= 0.3 is 0 Å². The van der Waals surface area contributed by atoms with Gasteiger partial charge in [0.15, 0.2) is 0 Å². The Hall–Kier alpha value is -1.32. The fourth-order valence-corrected chi connectivity index (χ4v) is 3.29. The Balaban J connectivity index is 1.98. The molecule has 1 aromatic rings. The standard InChI is InChI=1S/C14H21N3O/c1-9(2)11-7-13(18)16-14-12(11)8-15-17(14)10-5-3-4-6-10/h8-11H,3-7H2,1-2H3,(H,16,18)/t11-/m0/s1. The van der Waals surface area contributed by atoms with E-state index in [1.54, 1.807) is 0 Å². The average Bonchev–Trinajstić information content (AvgIpc) is 2.94. The second-order valence-electron chi connectivity index (χ2n) is 5.93. The SMILES string of the molecule is CC(C)[C@@H]1CC(=O)Nc2c1cnn2C1CCCC1. The lowest BCUT2D eigenvalue weighted by molar-refractivity contribution is -0.117. The molecule has 0 spiro atoms. The lowest BCUT2D eigenvalue weighted by atomic mass is 9.85. The summed E-state index contributed by atoms with van der Waals surface area (Å²) in [7, 11) is 0. The van der Waals surface area contributed by atoms with E-state index in [1.807, 2.05) is 6.20 Å². The highest BCUT2D eigenvalue weighted by atomic mass is 16.1. The Bertz CT molecular complexity index is 444. The van der Waals surface area contributed by atoms with Gasteiger partial charge in [-0.3, -0.25) is 4.79 Å². The van der Waals surface area contributed by atoms with Crippen molar-refractivity contribution in [3.05, 3.63) is 11.8 Å². The minimum atomic E-state index is 0.140. The van der Waals surface area contributed by atoms with Crippen LogP contribution in [0.3, 0.4) is 0 Å². The first-order valence-corrected chi connectivity index (χ1v) is 7.04. The zero-order valence-corrected chi connectivity index (χ0v) is 11.1. The molecule has 0 radical (unpaired) electrons. The Kier molecular flexibility index (Phi) is 2.88. The predicted octanol–water partition coefficient (Wildman–Crippen LogP) is 3.08. The molecule has 4 nitrogen and oxygen atoms in total. The predicted molar refractivity (Wildman–Crippen MR) is 70.6 cm³/mol. The molecule has 2 heterocycles. The quantitative estimate of drug-likeness (QED) is 0.873. The number of carbonyl (C=O) groups is 1. The van der Waals surface area contributed by atoms with Gasteiger partial charge in [0.25, 0.3) is 0 Å². The largest absolute Gasteiger partial charge is 0.311 e. The third-order valence-electron chi connectivity index (χ3n) is 4.36. The van der Waals surface area contributed by atoms with Crippen LogP contribution >= 0.6 is 0 Å². The summed E-state index contributed by atoms with van der Waals surface area (Å²) < 4.78 is 2.06. The van der Waals surface area contributed by atoms with Gasteiger partial charge in [0.1, 0.15) is 5.82 Å². The zero-order valence-electron chi connectivity index (χ0n) is 11.1. The van der Waals surface area contributed by atoms with Crippen LogP contribution in [0.25, 0.3) is 0 Å². The van der Waals surface area contributed by atoms with Gasteiger partial charge in [-0.15, -0.1) is 0 Å². The summed E-state index contributed by atoms with van der Waals surface area (Å²) >= 11 is 0. The second-order valence-corrected chi connectivity index (χ2v) is 5.93. The maximum Gasteiger partial charge on any atom is 0.226 e. The van der Waals surface area contributed by atoms with Gasteiger partial charge in [-0.1, -0.05) is 26.7 Å². The van der Waals surface area contributed by atoms with E-state index in [0.717, 1.165) is 5.82 Å². The lowest BCUT2D eigenvalue weighted by Crippen LogP contribution is -2.27. The number of nitrogens with one attached hydrogen (secondary N) is 1. The van der Waals surface area contributed by atoms with Gasteiger partial charge in [0, 0.05) is 17.9 Å².